The molecule has 0 aromatic carbocycles. The highest BCUT2D eigenvalue weighted by Gasteiger charge is 2.40. The summed E-state index contributed by atoms with van der Waals surface area (Å²) in [5, 5.41) is 0. The van der Waals surface area contributed by atoms with Crippen LogP contribution in [-0.4, -0.2) is 28.9 Å². The van der Waals surface area contributed by atoms with Gasteiger partial charge >= 0.3 is 0 Å². The second-order valence-electron chi connectivity index (χ2n) is 6.69. The lowest BCUT2D eigenvalue weighted by atomic mass is 9.96. The number of hydrogen-bond acceptors (Lipinski definition) is 2. The second kappa shape index (κ2) is 5.79. The monoisotopic (exact) mass is 274 g/mol. The molecular weight excluding hydrogens is 248 g/mol. The number of nitrogens with two attached hydrogens (primary N) is 1. The lowest BCUT2D eigenvalue weighted by Crippen LogP contribution is -2.44. The minimum absolute atomic E-state index is 0. The molecule has 1 unspecified atom stereocenters. The van der Waals surface area contributed by atoms with E-state index in [1.807, 2.05) is 0 Å². The molecule has 1 heterocycles. The summed E-state index contributed by atoms with van der Waals surface area (Å²) in [4.78, 5) is 14.5. The van der Waals surface area contributed by atoms with E-state index < -0.39 is 0 Å². The van der Waals surface area contributed by atoms with Crippen molar-refractivity contribution < 1.29 is 4.79 Å². The van der Waals surface area contributed by atoms with Crippen LogP contribution in [0.25, 0.3) is 0 Å². The Morgan fingerprint density at radius 1 is 1.39 bits per heavy atom. The predicted molar refractivity (Wildman–Crippen MR) is 76.8 cm³/mol. The van der Waals surface area contributed by atoms with Gasteiger partial charge in [0.25, 0.3) is 0 Å². The predicted octanol–water partition coefficient (Wildman–Crippen LogP) is 2.57. The summed E-state index contributed by atoms with van der Waals surface area (Å²) >= 11 is 0. The first-order valence-corrected chi connectivity index (χ1v) is 6.96. The summed E-state index contributed by atoms with van der Waals surface area (Å²) in [5.41, 5.74) is 6.09. The van der Waals surface area contributed by atoms with Crippen LogP contribution in [-0.2, 0) is 4.79 Å². The molecule has 0 spiro atoms. The topological polar surface area (TPSA) is 46.3 Å². The third-order valence-corrected chi connectivity index (χ3v) is 4.53. The molecule has 3 nitrogen and oxygen atoms in total. The molecule has 2 N–H and O–H groups in total. The van der Waals surface area contributed by atoms with Crippen molar-refractivity contribution in [3.8, 4) is 0 Å². The van der Waals surface area contributed by atoms with Crippen molar-refractivity contribution in [3.63, 3.8) is 0 Å². The first kappa shape index (κ1) is 15.8. The van der Waals surface area contributed by atoms with Crippen LogP contribution in [0, 0.1) is 11.8 Å². The number of hydrogen-bond donors (Lipinski definition) is 1. The fraction of sp³-hybridized carbons (Fsp3) is 0.929. The molecular formula is C14H27ClN2O. The van der Waals surface area contributed by atoms with Gasteiger partial charge in [0.2, 0.25) is 5.91 Å². The number of likely N-dealkylation sites (tertiary alicyclic amines) is 1. The van der Waals surface area contributed by atoms with E-state index in [0.717, 1.165) is 25.8 Å². The van der Waals surface area contributed by atoms with Crippen molar-refractivity contribution in [2.45, 2.75) is 64.5 Å². The molecule has 4 heteroatoms. The smallest absolute Gasteiger partial charge is 0.223 e. The van der Waals surface area contributed by atoms with E-state index in [2.05, 4.69) is 25.7 Å². The van der Waals surface area contributed by atoms with E-state index in [4.69, 9.17) is 5.73 Å². The van der Waals surface area contributed by atoms with E-state index in [-0.39, 0.29) is 24.0 Å². The number of carbonyl (C=O) groups is 1. The van der Waals surface area contributed by atoms with Gasteiger partial charge in [-0.2, -0.15) is 0 Å². The highest BCUT2D eigenvalue weighted by Crippen LogP contribution is 2.35. The van der Waals surface area contributed by atoms with Crippen LogP contribution in [0.3, 0.4) is 0 Å². The molecule has 2 fully saturated rings. The highest BCUT2D eigenvalue weighted by atomic mass is 35.5. The summed E-state index contributed by atoms with van der Waals surface area (Å²) in [6.07, 6.45) is 5.21. The van der Waals surface area contributed by atoms with Crippen LogP contribution in [0.2, 0.25) is 0 Å². The van der Waals surface area contributed by atoms with Crippen molar-refractivity contribution >= 4 is 18.3 Å². The quantitative estimate of drug-likeness (QED) is 0.841. The minimum atomic E-state index is 0. The van der Waals surface area contributed by atoms with Crippen molar-refractivity contribution in [3.05, 3.63) is 0 Å². The Morgan fingerprint density at radius 2 is 2.06 bits per heavy atom. The lowest BCUT2D eigenvalue weighted by molar-refractivity contribution is -0.135. The highest BCUT2D eigenvalue weighted by molar-refractivity contribution is 5.85. The molecule has 18 heavy (non-hydrogen) atoms. The van der Waals surface area contributed by atoms with E-state index in [1.54, 1.807) is 0 Å². The SMILES string of the molecule is CC1CN(C(=O)C[C@@H]2CCC[C@H]2N)C(C)(C)C1.Cl. The average Bonchev–Trinajstić information content (AvgIpc) is 2.70. The first-order chi connectivity index (χ1) is 7.90. The Bertz CT molecular complexity index is 306. The number of carbonyl (C=O) groups excluding carboxylic acids is 1. The Hall–Kier alpha value is -0.280. The van der Waals surface area contributed by atoms with Gasteiger partial charge in [0.1, 0.15) is 0 Å². The fourth-order valence-corrected chi connectivity index (χ4v) is 3.68. The summed E-state index contributed by atoms with van der Waals surface area (Å²) in [6.45, 7) is 7.52. The maximum Gasteiger partial charge on any atom is 0.223 e. The molecule has 2 aliphatic rings. The van der Waals surface area contributed by atoms with Crippen LogP contribution in [0.4, 0.5) is 0 Å². The van der Waals surface area contributed by atoms with Crippen LogP contribution < -0.4 is 5.73 Å². The van der Waals surface area contributed by atoms with Gasteiger partial charge in [-0.1, -0.05) is 13.3 Å². The average molecular weight is 275 g/mol. The van der Waals surface area contributed by atoms with Crippen molar-refractivity contribution in [1.29, 1.82) is 0 Å². The number of halogens is 1. The summed E-state index contributed by atoms with van der Waals surface area (Å²) < 4.78 is 0. The Morgan fingerprint density at radius 3 is 2.50 bits per heavy atom. The van der Waals surface area contributed by atoms with Crippen LogP contribution in [0.15, 0.2) is 0 Å². The van der Waals surface area contributed by atoms with Gasteiger partial charge in [-0.25, -0.2) is 0 Å². The summed E-state index contributed by atoms with van der Waals surface area (Å²) in [7, 11) is 0. The molecule has 1 saturated heterocycles. The van der Waals surface area contributed by atoms with Gasteiger partial charge in [-0.3, -0.25) is 4.79 Å². The maximum absolute atomic E-state index is 12.4. The van der Waals surface area contributed by atoms with Gasteiger partial charge in [-0.05, 0) is 44.9 Å². The number of rotatable bonds is 2. The molecule has 0 radical (unpaired) electrons. The third-order valence-electron chi connectivity index (χ3n) is 4.53. The van der Waals surface area contributed by atoms with Gasteiger partial charge in [0.15, 0.2) is 0 Å². The zero-order valence-corrected chi connectivity index (χ0v) is 12.6. The molecule has 1 saturated carbocycles. The number of amides is 1. The molecule has 3 atom stereocenters. The molecule has 0 aromatic heterocycles. The van der Waals surface area contributed by atoms with E-state index in [0.29, 0.717) is 24.2 Å². The number of nitrogens with zero attached hydrogens (tertiary/aromatic N) is 1. The zero-order valence-electron chi connectivity index (χ0n) is 11.8. The Balaban J connectivity index is 0.00000162. The van der Waals surface area contributed by atoms with Crippen LogP contribution in [0.5, 0.6) is 0 Å². The van der Waals surface area contributed by atoms with E-state index in [9.17, 15) is 4.79 Å². The maximum atomic E-state index is 12.4. The molecule has 0 bridgehead atoms. The van der Waals surface area contributed by atoms with Gasteiger partial charge < -0.3 is 10.6 Å². The largest absolute Gasteiger partial charge is 0.337 e. The van der Waals surface area contributed by atoms with Gasteiger partial charge in [-0.15, -0.1) is 12.4 Å². The summed E-state index contributed by atoms with van der Waals surface area (Å²) in [5.74, 6) is 1.38. The van der Waals surface area contributed by atoms with Gasteiger partial charge in [0.05, 0.1) is 0 Å². The standard InChI is InChI=1S/C14H26N2O.ClH/c1-10-8-14(2,3)16(9-10)13(17)7-11-5-4-6-12(11)15;/h10-12H,4-9,15H2,1-3H3;1H/t10?,11-,12+;/m0./s1. The Kier molecular flexibility index (Phi) is 5.07. The molecule has 0 aromatic rings. The van der Waals surface area contributed by atoms with Gasteiger partial charge in [0, 0.05) is 24.5 Å². The van der Waals surface area contributed by atoms with Crippen molar-refractivity contribution in [2.75, 3.05) is 6.54 Å². The summed E-state index contributed by atoms with van der Waals surface area (Å²) in [6, 6.07) is 0.252. The zero-order chi connectivity index (χ0) is 12.6. The van der Waals surface area contributed by atoms with E-state index >= 15 is 0 Å². The third kappa shape index (κ3) is 3.18. The molecule has 106 valence electrons. The molecule has 1 aliphatic carbocycles. The van der Waals surface area contributed by atoms with Crippen LogP contribution >= 0.6 is 12.4 Å². The second-order valence-corrected chi connectivity index (χ2v) is 6.69. The first-order valence-electron chi connectivity index (χ1n) is 6.96. The lowest BCUT2D eigenvalue weighted by Gasteiger charge is -2.32. The van der Waals surface area contributed by atoms with Crippen molar-refractivity contribution in [2.24, 2.45) is 17.6 Å². The van der Waals surface area contributed by atoms with Crippen LogP contribution in [0.1, 0.15) is 52.9 Å². The molecule has 1 amide bonds. The molecule has 2 rings (SSSR count). The normalized spacial score (nSPS) is 34.4. The fourth-order valence-electron chi connectivity index (χ4n) is 3.68. The Labute approximate surface area is 117 Å². The minimum Gasteiger partial charge on any atom is -0.337 e. The van der Waals surface area contributed by atoms with Crippen molar-refractivity contribution in [1.82, 2.24) is 4.90 Å². The molecule has 1 aliphatic heterocycles. The van der Waals surface area contributed by atoms with E-state index in [1.165, 1.54) is 6.42 Å².